The molecule has 0 aliphatic rings. The van der Waals surface area contributed by atoms with Crippen molar-refractivity contribution in [1.29, 1.82) is 0 Å². The zero-order chi connectivity index (χ0) is 11.3. The van der Waals surface area contributed by atoms with Crippen LogP contribution in [-0.4, -0.2) is 41.3 Å². The van der Waals surface area contributed by atoms with Gasteiger partial charge in [-0.1, -0.05) is 11.8 Å². The summed E-state index contributed by atoms with van der Waals surface area (Å²) in [4.78, 5) is 10.3. The molecule has 0 saturated carbocycles. The lowest BCUT2D eigenvalue weighted by Gasteiger charge is -2.08. The number of rotatable bonds is 5. The molecule has 15 heavy (non-hydrogen) atoms. The summed E-state index contributed by atoms with van der Waals surface area (Å²) in [7, 11) is 4.11. The summed E-state index contributed by atoms with van der Waals surface area (Å²) >= 11 is 1.58. The monoisotopic (exact) mass is 227 g/mol. The third kappa shape index (κ3) is 4.85. The van der Waals surface area contributed by atoms with E-state index in [1.165, 1.54) is 0 Å². The summed E-state index contributed by atoms with van der Waals surface area (Å²) in [6.07, 6.45) is 1.09. The van der Waals surface area contributed by atoms with Crippen LogP contribution in [0.25, 0.3) is 0 Å². The molecule has 0 atom stereocenters. The van der Waals surface area contributed by atoms with Crippen LogP contribution < -0.4 is 11.5 Å². The Morgan fingerprint density at radius 3 is 2.40 bits per heavy atom. The fraction of sp³-hybridized carbons (Fsp3) is 0.556. The molecule has 1 aromatic rings. The van der Waals surface area contributed by atoms with Gasteiger partial charge in [-0.2, -0.15) is 0 Å². The molecule has 0 aliphatic carbocycles. The van der Waals surface area contributed by atoms with Crippen molar-refractivity contribution >= 4 is 23.4 Å². The SMILES string of the molecule is CN(C)CCCSc1nc(N)cc(N)n1. The fourth-order valence-electron chi connectivity index (χ4n) is 1.07. The molecular weight excluding hydrogens is 210 g/mol. The maximum atomic E-state index is 5.56. The molecule has 1 heterocycles. The van der Waals surface area contributed by atoms with Crippen LogP contribution in [0.5, 0.6) is 0 Å². The lowest BCUT2D eigenvalue weighted by molar-refractivity contribution is 0.410. The summed E-state index contributed by atoms with van der Waals surface area (Å²) < 4.78 is 0. The third-order valence-corrected chi connectivity index (χ3v) is 2.66. The van der Waals surface area contributed by atoms with Crippen molar-refractivity contribution in [2.24, 2.45) is 0 Å². The van der Waals surface area contributed by atoms with Crippen LogP contribution in [0.15, 0.2) is 11.2 Å². The van der Waals surface area contributed by atoms with Crippen LogP contribution in [0.2, 0.25) is 0 Å². The topological polar surface area (TPSA) is 81.1 Å². The Morgan fingerprint density at radius 2 is 1.87 bits per heavy atom. The minimum absolute atomic E-state index is 0.428. The third-order valence-electron chi connectivity index (χ3n) is 1.73. The van der Waals surface area contributed by atoms with Crippen molar-refractivity contribution in [3.05, 3.63) is 6.07 Å². The molecule has 0 unspecified atom stereocenters. The zero-order valence-corrected chi connectivity index (χ0v) is 9.92. The fourth-order valence-corrected chi connectivity index (χ4v) is 1.87. The van der Waals surface area contributed by atoms with Gasteiger partial charge >= 0.3 is 0 Å². The number of nitrogens with two attached hydrogens (primary N) is 2. The van der Waals surface area contributed by atoms with Crippen molar-refractivity contribution in [3.8, 4) is 0 Å². The van der Waals surface area contributed by atoms with Crippen molar-refractivity contribution < 1.29 is 0 Å². The molecule has 0 saturated heterocycles. The van der Waals surface area contributed by atoms with E-state index in [-0.39, 0.29) is 0 Å². The molecule has 0 fully saturated rings. The predicted molar refractivity (Wildman–Crippen MR) is 64.8 cm³/mol. The minimum atomic E-state index is 0.428. The lowest BCUT2D eigenvalue weighted by Crippen LogP contribution is -2.13. The first-order valence-electron chi connectivity index (χ1n) is 4.75. The Bertz CT molecular complexity index is 295. The minimum Gasteiger partial charge on any atom is -0.383 e. The molecule has 0 bridgehead atoms. The molecular formula is C9H17N5S. The van der Waals surface area contributed by atoms with E-state index in [2.05, 4.69) is 29.0 Å². The van der Waals surface area contributed by atoms with Crippen molar-refractivity contribution in [2.45, 2.75) is 11.6 Å². The Balaban J connectivity index is 2.37. The highest BCUT2D eigenvalue weighted by molar-refractivity contribution is 7.99. The van der Waals surface area contributed by atoms with Crippen LogP contribution in [0, 0.1) is 0 Å². The van der Waals surface area contributed by atoms with Gasteiger partial charge in [0.15, 0.2) is 5.16 Å². The number of anilines is 2. The van der Waals surface area contributed by atoms with E-state index < -0.39 is 0 Å². The van der Waals surface area contributed by atoms with Gasteiger partial charge in [-0.25, -0.2) is 9.97 Å². The second-order valence-corrected chi connectivity index (χ2v) is 4.57. The van der Waals surface area contributed by atoms with E-state index in [0.29, 0.717) is 16.8 Å². The molecule has 84 valence electrons. The molecule has 0 amide bonds. The van der Waals surface area contributed by atoms with E-state index >= 15 is 0 Å². The first-order valence-corrected chi connectivity index (χ1v) is 5.74. The maximum absolute atomic E-state index is 5.56. The predicted octanol–water partition coefficient (Wildman–Crippen LogP) is 0.685. The van der Waals surface area contributed by atoms with Crippen LogP contribution in [0.4, 0.5) is 11.6 Å². The van der Waals surface area contributed by atoms with Gasteiger partial charge in [0, 0.05) is 11.8 Å². The quantitative estimate of drug-likeness (QED) is 0.437. The van der Waals surface area contributed by atoms with E-state index in [1.807, 2.05) is 0 Å². The highest BCUT2D eigenvalue weighted by Gasteiger charge is 2.01. The van der Waals surface area contributed by atoms with Crippen molar-refractivity contribution in [3.63, 3.8) is 0 Å². The molecule has 0 aliphatic heterocycles. The second-order valence-electron chi connectivity index (χ2n) is 3.51. The van der Waals surface area contributed by atoms with Gasteiger partial charge in [-0.15, -0.1) is 0 Å². The Labute approximate surface area is 94.3 Å². The maximum Gasteiger partial charge on any atom is 0.191 e. The van der Waals surface area contributed by atoms with Gasteiger partial charge in [0.1, 0.15) is 11.6 Å². The molecule has 6 heteroatoms. The molecule has 1 aromatic heterocycles. The standard InChI is InChI=1S/C9H17N5S/c1-14(2)4-3-5-15-9-12-7(10)6-8(11)13-9/h6H,3-5H2,1-2H3,(H4,10,11,12,13). The van der Waals surface area contributed by atoms with Crippen LogP contribution >= 0.6 is 11.8 Å². The van der Waals surface area contributed by atoms with E-state index in [1.54, 1.807) is 17.8 Å². The number of nitrogen functional groups attached to an aromatic ring is 2. The molecule has 4 N–H and O–H groups in total. The van der Waals surface area contributed by atoms with Crippen LogP contribution in [0.1, 0.15) is 6.42 Å². The second kappa shape index (κ2) is 5.77. The summed E-state index contributed by atoms with van der Waals surface area (Å²) in [5.74, 6) is 1.83. The van der Waals surface area contributed by atoms with Crippen LogP contribution in [0.3, 0.4) is 0 Å². The first-order chi connectivity index (χ1) is 7.08. The molecule has 5 nitrogen and oxygen atoms in total. The van der Waals surface area contributed by atoms with Crippen molar-refractivity contribution in [2.75, 3.05) is 37.9 Å². The highest BCUT2D eigenvalue weighted by Crippen LogP contribution is 2.16. The summed E-state index contributed by atoms with van der Waals surface area (Å²) in [6, 6.07) is 1.56. The van der Waals surface area contributed by atoms with Gasteiger partial charge in [0.25, 0.3) is 0 Å². The van der Waals surface area contributed by atoms with Crippen LogP contribution in [-0.2, 0) is 0 Å². The Hall–Kier alpha value is -1.01. The van der Waals surface area contributed by atoms with Gasteiger partial charge in [0.2, 0.25) is 0 Å². The first kappa shape index (κ1) is 12.1. The highest BCUT2D eigenvalue weighted by atomic mass is 32.2. The average molecular weight is 227 g/mol. The molecule has 0 spiro atoms. The lowest BCUT2D eigenvalue weighted by atomic mass is 10.5. The number of thioether (sulfide) groups is 1. The van der Waals surface area contributed by atoms with Gasteiger partial charge in [0.05, 0.1) is 0 Å². The van der Waals surface area contributed by atoms with E-state index in [9.17, 15) is 0 Å². The number of aromatic nitrogens is 2. The molecule has 1 rings (SSSR count). The van der Waals surface area contributed by atoms with E-state index in [0.717, 1.165) is 18.7 Å². The smallest absolute Gasteiger partial charge is 0.191 e. The number of hydrogen-bond acceptors (Lipinski definition) is 6. The number of nitrogens with zero attached hydrogens (tertiary/aromatic N) is 3. The summed E-state index contributed by atoms with van der Waals surface area (Å²) in [5, 5.41) is 0.659. The summed E-state index contributed by atoms with van der Waals surface area (Å²) in [6.45, 7) is 1.06. The van der Waals surface area contributed by atoms with Gasteiger partial charge < -0.3 is 16.4 Å². The van der Waals surface area contributed by atoms with E-state index in [4.69, 9.17) is 11.5 Å². The normalized spacial score (nSPS) is 10.9. The largest absolute Gasteiger partial charge is 0.383 e. The van der Waals surface area contributed by atoms with Gasteiger partial charge in [-0.3, -0.25) is 0 Å². The molecule has 0 aromatic carbocycles. The Kier molecular flexibility index (Phi) is 4.64. The Morgan fingerprint density at radius 1 is 1.27 bits per heavy atom. The number of hydrogen-bond donors (Lipinski definition) is 2. The van der Waals surface area contributed by atoms with Gasteiger partial charge in [-0.05, 0) is 27.1 Å². The average Bonchev–Trinajstić information content (AvgIpc) is 2.10. The van der Waals surface area contributed by atoms with Crippen molar-refractivity contribution in [1.82, 2.24) is 14.9 Å². The molecule has 0 radical (unpaired) electrons. The summed E-state index contributed by atoms with van der Waals surface area (Å²) in [5.41, 5.74) is 11.1. The zero-order valence-electron chi connectivity index (χ0n) is 9.10.